The number of nitrogens with one attached hydrogen (secondary N) is 1. The number of hydrogen-bond donors (Lipinski definition) is 1. The first kappa shape index (κ1) is 22.8. The Balaban J connectivity index is 1.47. The van der Waals surface area contributed by atoms with E-state index in [1.165, 1.54) is 23.3 Å². The highest BCUT2D eigenvalue weighted by molar-refractivity contribution is 7.10. The third-order valence-corrected chi connectivity index (χ3v) is 8.12. The van der Waals surface area contributed by atoms with E-state index in [2.05, 4.69) is 5.32 Å². The first-order valence-electron chi connectivity index (χ1n) is 11.7. The second-order valence-corrected chi connectivity index (χ2v) is 10.1. The summed E-state index contributed by atoms with van der Waals surface area (Å²) in [6.45, 7) is 0.823. The smallest absolute Gasteiger partial charge is 0.327 e. The number of methoxy groups -OCH3 is 1. The first-order chi connectivity index (χ1) is 17.5. The molecule has 8 nitrogen and oxygen atoms in total. The number of carbonyl (C=O) groups excluding carboxylic acids is 3. The molecule has 36 heavy (non-hydrogen) atoms. The van der Waals surface area contributed by atoms with Crippen molar-refractivity contribution in [3.63, 3.8) is 0 Å². The van der Waals surface area contributed by atoms with Crippen LogP contribution in [0.4, 0.5) is 5.69 Å². The number of esters is 1. The normalized spacial score (nSPS) is 26.7. The lowest BCUT2D eigenvalue weighted by Gasteiger charge is -2.32. The van der Waals surface area contributed by atoms with Crippen LogP contribution < -0.4 is 19.7 Å². The third-order valence-electron chi connectivity index (χ3n) is 7.16. The van der Waals surface area contributed by atoms with Gasteiger partial charge in [0.2, 0.25) is 11.8 Å². The molecular weight excluding hydrogens is 480 g/mol. The Morgan fingerprint density at radius 1 is 1.06 bits per heavy atom. The summed E-state index contributed by atoms with van der Waals surface area (Å²) in [6, 6.07) is 17.8. The van der Waals surface area contributed by atoms with E-state index >= 15 is 0 Å². The largest absolute Gasteiger partial charge is 0.486 e. The summed E-state index contributed by atoms with van der Waals surface area (Å²) in [5.41, 5.74) is -0.156. The van der Waals surface area contributed by atoms with Crippen LogP contribution in [0.2, 0.25) is 0 Å². The predicted molar refractivity (Wildman–Crippen MR) is 132 cm³/mol. The molecule has 4 heterocycles. The molecule has 0 radical (unpaired) electrons. The Morgan fingerprint density at radius 3 is 2.56 bits per heavy atom. The summed E-state index contributed by atoms with van der Waals surface area (Å²) in [7, 11) is 1.31. The Kier molecular flexibility index (Phi) is 5.54. The number of amides is 2. The van der Waals surface area contributed by atoms with Crippen molar-refractivity contribution in [2.75, 3.05) is 25.2 Å². The van der Waals surface area contributed by atoms with Crippen molar-refractivity contribution in [2.24, 2.45) is 11.8 Å². The van der Waals surface area contributed by atoms with Gasteiger partial charge in [-0.05, 0) is 29.1 Å². The standard InChI is InChI=1S/C27H24N2O6S/c1-33-26(32)27(15-16-6-3-2-4-7-16)22-21(23(28-27)20-8-5-13-36-20)24(30)29(25(22)31)17-9-10-18-19(14-17)35-12-11-34-18/h2-10,13-14,21-23,28H,11-12,15H2,1H3/t21-,22+,23-,27-/m0/s1. The van der Waals surface area contributed by atoms with Gasteiger partial charge in [0, 0.05) is 17.4 Å². The van der Waals surface area contributed by atoms with Gasteiger partial charge in [0.25, 0.3) is 0 Å². The van der Waals surface area contributed by atoms with E-state index in [-0.39, 0.29) is 12.3 Å². The topological polar surface area (TPSA) is 94.2 Å². The SMILES string of the molecule is COC(=O)[C@@]1(Cc2ccccc2)N[C@@H](c2cccs2)[C@H]2C(=O)N(c3ccc4c(c3)OCCO4)C(=O)[C@@H]21. The molecule has 2 fully saturated rings. The molecular formula is C27H24N2O6S. The summed E-state index contributed by atoms with van der Waals surface area (Å²) in [6.07, 6.45) is 0.206. The zero-order valence-corrected chi connectivity index (χ0v) is 20.3. The number of fused-ring (bicyclic) bond motifs is 2. The summed E-state index contributed by atoms with van der Waals surface area (Å²) < 4.78 is 16.5. The van der Waals surface area contributed by atoms with E-state index < -0.39 is 35.3 Å². The average Bonchev–Trinajstić information content (AvgIpc) is 3.61. The molecule has 2 saturated heterocycles. The molecule has 0 bridgehead atoms. The molecule has 184 valence electrons. The van der Waals surface area contributed by atoms with E-state index in [0.29, 0.717) is 30.4 Å². The minimum absolute atomic E-state index is 0.206. The lowest BCUT2D eigenvalue weighted by atomic mass is 9.76. The molecule has 0 unspecified atom stereocenters. The van der Waals surface area contributed by atoms with Gasteiger partial charge in [-0.15, -0.1) is 11.3 Å². The molecule has 1 aromatic heterocycles. The molecule has 0 saturated carbocycles. The van der Waals surface area contributed by atoms with Gasteiger partial charge in [0.15, 0.2) is 11.5 Å². The van der Waals surface area contributed by atoms with Gasteiger partial charge in [0.05, 0.1) is 30.7 Å². The van der Waals surface area contributed by atoms with Crippen LogP contribution in [0.3, 0.4) is 0 Å². The summed E-state index contributed by atoms with van der Waals surface area (Å²) in [5.74, 6) is -2.03. The highest BCUT2D eigenvalue weighted by atomic mass is 32.1. The Labute approximate surface area is 211 Å². The van der Waals surface area contributed by atoms with Crippen LogP contribution in [-0.2, 0) is 25.5 Å². The van der Waals surface area contributed by atoms with Gasteiger partial charge in [-0.25, -0.2) is 4.90 Å². The van der Waals surface area contributed by atoms with Crippen LogP contribution in [0, 0.1) is 11.8 Å². The maximum absolute atomic E-state index is 14.1. The molecule has 2 amide bonds. The third kappa shape index (κ3) is 3.42. The monoisotopic (exact) mass is 504 g/mol. The van der Waals surface area contributed by atoms with E-state index in [1.807, 2.05) is 47.8 Å². The van der Waals surface area contributed by atoms with Crippen molar-refractivity contribution >= 4 is 34.8 Å². The van der Waals surface area contributed by atoms with Crippen LogP contribution in [0.15, 0.2) is 66.0 Å². The van der Waals surface area contributed by atoms with Gasteiger partial charge in [-0.1, -0.05) is 36.4 Å². The van der Waals surface area contributed by atoms with Crippen molar-refractivity contribution < 1.29 is 28.6 Å². The maximum Gasteiger partial charge on any atom is 0.327 e. The minimum atomic E-state index is -1.41. The fourth-order valence-corrected chi connectivity index (χ4v) is 6.49. The number of benzene rings is 2. The van der Waals surface area contributed by atoms with Crippen molar-refractivity contribution in [3.05, 3.63) is 76.5 Å². The highest BCUT2D eigenvalue weighted by Gasteiger charge is 2.69. The van der Waals surface area contributed by atoms with E-state index in [1.54, 1.807) is 18.2 Å². The molecule has 0 spiro atoms. The Bertz CT molecular complexity index is 1330. The number of anilines is 1. The van der Waals surface area contributed by atoms with Crippen molar-refractivity contribution in [3.8, 4) is 11.5 Å². The summed E-state index contributed by atoms with van der Waals surface area (Å²) >= 11 is 1.48. The second kappa shape index (κ2) is 8.76. The zero-order valence-electron chi connectivity index (χ0n) is 19.5. The Hall–Kier alpha value is -3.69. The fourth-order valence-electron chi connectivity index (χ4n) is 5.66. The average molecular weight is 505 g/mol. The summed E-state index contributed by atoms with van der Waals surface area (Å²) in [5, 5.41) is 5.33. The quantitative estimate of drug-likeness (QED) is 0.422. The van der Waals surface area contributed by atoms with E-state index in [4.69, 9.17) is 14.2 Å². The van der Waals surface area contributed by atoms with Gasteiger partial charge >= 0.3 is 5.97 Å². The molecule has 2 aromatic carbocycles. The molecule has 0 aliphatic carbocycles. The predicted octanol–water partition coefficient (Wildman–Crippen LogP) is 3.12. The number of nitrogens with zero attached hydrogens (tertiary/aromatic N) is 1. The first-order valence-corrected chi connectivity index (χ1v) is 12.6. The molecule has 6 rings (SSSR count). The van der Waals surface area contributed by atoms with Gasteiger partial charge in [-0.2, -0.15) is 0 Å². The zero-order chi connectivity index (χ0) is 24.9. The van der Waals surface area contributed by atoms with Crippen molar-refractivity contribution in [2.45, 2.75) is 18.0 Å². The highest BCUT2D eigenvalue weighted by Crippen LogP contribution is 2.52. The van der Waals surface area contributed by atoms with Crippen LogP contribution in [0.5, 0.6) is 11.5 Å². The van der Waals surface area contributed by atoms with Crippen LogP contribution >= 0.6 is 11.3 Å². The maximum atomic E-state index is 14.1. The van der Waals surface area contributed by atoms with Crippen molar-refractivity contribution in [1.82, 2.24) is 5.32 Å². The molecule has 3 aromatic rings. The van der Waals surface area contributed by atoms with Gasteiger partial charge in [-0.3, -0.25) is 19.7 Å². The van der Waals surface area contributed by atoms with Gasteiger partial charge in [0.1, 0.15) is 18.8 Å². The Morgan fingerprint density at radius 2 is 1.83 bits per heavy atom. The number of thiophene rings is 1. The number of imide groups is 1. The van der Waals surface area contributed by atoms with Crippen LogP contribution in [-0.4, -0.2) is 43.6 Å². The lowest BCUT2D eigenvalue weighted by Crippen LogP contribution is -2.57. The van der Waals surface area contributed by atoms with Crippen molar-refractivity contribution in [1.29, 1.82) is 0 Å². The number of ether oxygens (including phenoxy) is 3. The minimum Gasteiger partial charge on any atom is -0.486 e. The second-order valence-electron chi connectivity index (χ2n) is 9.11. The van der Waals surface area contributed by atoms with E-state index in [0.717, 1.165) is 10.4 Å². The van der Waals surface area contributed by atoms with Crippen LogP contribution in [0.1, 0.15) is 16.5 Å². The fraction of sp³-hybridized carbons (Fsp3) is 0.296. The number of rotatable bonds is 5. The molecule has 9 heteroatoms. The summed E-state index contributed by atoms with van der Waals surface area (Å²) in [4.78, 5) is 43.6. The molecule has 1 N–H and O–H groups in total. The molecule has 3 aliphatic heterocycles. The molecule has 3 aliphatic rings. The van der Waals surface area contributed by atoms with Crippen LogP contribution in [0.25, 0.3) is 0 Å². The lowest BCUT2D eigenvalue weighted by molar-refractivity contribution is -0.152. The number of hydrogen-bond acceptors (Lipinski definition) is 8. The van der Waals surface area contributed by atoms with Gasteiger partial charge < -0.3 is 14.2 Å². The van der Waals surface area contributed by atoms with E-state index in [9.17, 15) is 14.4 Å². The number of carbonyl (C=O) groups is 3. The molecule has 4 atom stereocenters.